The van der Waals surface area contributed by atoms with Crippen molar-refractivity contribution in [3.63, 3.8) is 0 Å². The van der Waals surface area contributed by atoms with Crippen molar-refractivity contribution in [2.24, 2.45) is 0 Å². The zero-order valence-corrected chi connectivity index (χ0v) is 17.2. The molecule has 4 rings (SSSR count). The van der Waals surface area contributed by atoms with Crippen LogP contribution in [0.15, 0.2) is 42.7 Å². The first-order valence-electron chi connectivity index (χ1n) is 9.27. The summed E-state index contributed by atoms with van der Waals surface area (Å²) in [6.07, 6.45) is 2.76. The molecule has 0 unspecified atom stereocenters. The summed E-state index contributed by atoms with van der Waals surface area (Å²) in [6, 6.07) is 12.4. The maximum absolute atomic E-state index is 5.69. The summed E-state index contributed by atoms with van der Waals surface area (Å²) in [4.78, 5) is 2.35. The normalized spacial score (nSPS) is 14.0. The number of hydrogen-bond donors (Lipinski definition) is 0. The van der Waals surface area contributed by atoms with E-state index in [-0.39, 0.29) is 0 Å². The van der Waals surface area contributed by atoms with Gasteiger partial charge in [0.15, 0.2) is 11.5 Å². The lowest BCUT2D eigenvalue weighted by Gasteiger charge is -2.29. The lowest BCUT2D eigenvalue weighted by molar-refractivity contribution is 0.187. The number of ether oxygens (including phenoxy) is 2. The molecule has 1 aromatic heterocycles. The van der Waals surface area contributed by atoms with Crippen molar-refractivity contribution in [1.29, 1.82) is 0 Å². The van der Waals surface area contributed by atoms with Crippen molar-refractivity contribution in [2.75, 3.05) is 20.8 Å². The largest absolute Gasteiger partial charge is 0.493 e. The van der Waals surface area contributed by atoms with E-state index in [0.29, 0.717) is 11.4 Å². The molecule has 28 heavy (non-hydrogen) atoms. The molecule has 2 aromatic carbocycles. The molecule has 0 saturated carbocycles. The zero-order chi connectivity index (χ0) is 19.7. The average Bonchev–Trinajstić information content (AvgIpc) is 3.07. The third-order valence-electron chi connectivity index (χ3n) is 5.24. The van der Waals surface area contributed by atoms with Crippen LogP contribution in [0.3, 0.4) is 0 Å². The molecule has 0 atom stereocenters. The summed E-state index contributed by atoms with van der Waals surface area (Å²) in [5.41, 5.74) is 4.81. The van der Waals surface area contributed by atoms with Crippen molar-refractivity contribution in [1.82, 2.24) is 19.2 Å². The maximum atomic E-state index is 5.69. The van der Waals surface area contributed by atoms with Crippen LogP contribution in [0.25, 0.3) is 5.69 Å². The molecular formula is C21H24N4O2S. The topological polar surface area (TPSA) is 44.5 Å². The second-order valence-corrected chi connectivity index (χ2v) is 7.35. The van der Waals surface area contributed by atoms with Crippen LogP contribution in [0.4, 0.5) is 0 Å². The number of methoxy groups -OCH3 is 2. The van der Waals surface area contributed by atoms with Crippen LogP contribution in [-0.4, -0.2) is 40.0 Å². The standard InChI is InChI=1S/C21H24N4O2S/c1-15-6-4-5-7-18(15)24-13-22-25(21(24)28)14-23-9-8-16-10-19(26-2)20(27-3)11-17(16)12-23/h4-7,10-11,13H,8-9,12,14H2,1-3H3. The molecular weight excluding hydrogens is 372 g/mol. The quantitative estimate of drug-likeness (QED) is 0.615. The Balaban J connectivity index is 1.56. The van der Waals surface area contributed by atoms with E-state index in [4.69, 9.17) is 21.7 Å². The van der Waals surface area contributed by atoms with Crippen molar-refractivity contribution < 1.29 is 9.47 Å². The van der Waals surface area contributed by atoms with E-state index in [1.165, 1.54) is 16.7 Å². The van der Waals surface area contributed by atoms with Gasteiger partial charge < -0.3 is 9.47 Å². The smallest absolute Gasteiger partial charge is 0.203 e. The van der Waals surface area contributed by atoms with Crippen molar-refractivity contribution in [3.8, 4) is 17.2 Å². The van der Waals surface area contributed by atoms with Gasteiger partial charge >= 0.3 is 0 Å². The molecule has 7 heteroatoms. The Morgan fingerprint density at radius 2 is 1.79 bits per heavy atom. The van der Waals surface area contributed by atoms with Gasteiger partial charge in [-0.3, -0.25) is 9.47 Å². The average molecular weight is 397 g/mol. The molecule has 0 bridgehead atoms. The summed E-state index contributed by atoms with van der Waals surface area (Å²) in [5.74, 6) is 1.55. The minimum Gasteiger partial charge on any atom is -0.493 e. The lowest BCUT2D eigenvalue weighted by atomic mass is 9.99. The first kappa shape index (κ1) is 18.7. The van der Waals surface area contributed by atoms with Crippen LogP contribution < -0.4 is 9.47 Å². The van der Waals surface area contributed by atoms with E-state index in [2.05, 4.69) is 41.2 Å². The highest BCUT2D eigenvalue weighted by Gasteiger charge is 2.20. The van der Waals surface area contributed by atoms with Crippen molar-refractivity contribution in [3.05, 3.63) is 64.2 Å². The first-order valence-corrected chi connectivity index (χ1v) is 9.68. The molecule has 0 amide bonds. The summed E-state index contributed by atoms with van der Waals surface area (Å²) < 4.78 is 15.4. The van der Waals surface area contributed by atoms with E-state index in [1.54, 1.807) is 20.5 Å². The SMILES string of the molecule is COc1cc2c(cc1OC)CN(Cn1ncn(-c3ccccc3C)c1=S)CC2. The first-order chi connectivity index (χ1) is 13.6. The summed E-state index contributed by atoms with van der Waals surface area (Å²) in [6.45, 7) is 4.51. The second kappa shape index (κ2) is 7.77. The third-order valence-corrected chi connectivity index (χ3v) is 5.65. The van der Waals surface area contributed by atoms with Crippen molar-refractivity contribution >= 4 is 12.2 Å². The summed E-state index contributed by atoms with van der Waals surface area (Å²) >= 11 is 5.69. The number of fused-ring (bicyclic) bond motifs is 1. The number of hydrogen-bond acceptors (Lipinski definition) is 5. The van der Waals surface area contributed by atoms with Crippen LogP contribution >= 0.6 is 12.2 Å². The summed E-state index contributed by atoms with van der Waals surface area (Å²) in [7, 11) is 3.34. The van der Waals surface area contributed by atoms with Crippen LogP contribution in [-0.2, 0) is 19.6 Å². The summed E-state index contributed by atoms with van der Waals surface area (Å²) in [5, 5.41) is 4.53. The fraction of sp³-hybridized carbons (Fsp3) is 0.333. The Kier molecular flexibility index (Phi) is 5.19. The fourth-order valence-corrected chi connectivity index (χ4v) is 3.94. The highest BCUT2D eigenvalue weighted by molar-refractivity contribution is 7.71. The molecule has 0 aliphatic carbocycles. The Morgan fingerprint density at radius 3 is 2.50 bits per heavy atom. The van der Waals surface area contributed by atoms with E-state index < -0.39 is 0 Å². The van der Waals surface area contributed by atoms with Crippen molar-refractivity contribution in [2.45, 2.75) is 26.6 Å². The predicted octanol–water partition coefficient (Wildman–Crippen LogP) is 3.74. The molecule has 0 N–H and O–H groups in total. The van der Waals surface area contributed by atoms with E-state index in [9.17, 15) is 0 Å². The van der Waals surface area contributed by atoms with Gasteiger partial charge in [-0.2, -0.15) is 5.10 Å². The molecule has 1 aliphatic heterocycles. The van der Waals surface area contributed by atoms with Crippen LogP contribution in [0.2, 0.25) is 0 Å². The van der Waals surface area contributed by atoms with E-state index in [0.717, 1.165) is 36.7 Å². The lowest BCUT2D eigenvalue weighted by Crippen LogP contribution is -2.32. The van der Waals surface area contributed by atoms with E-state index >= 15 is 0 Å². The van der Waals surface area contributed by atoms with Gasteiger partial charge in [0.05, 0.1) is 26.6 Å². The molecule has 146 valence electrons. The van der Waals surface area contributed by atoms with Gasteiger partial charge in [0.25, 0.3) is 0 Å². The molecule has 6 nitrogen and oxygen atoms in total. The Labute approximate surface area is 169 Å². The van der Waals surface area contributed by atoms with Gasteiger partial charge in [-0.1, -0.05) is 18.2 Å². The van der Waals surface area contributed by atoms with Gasteiger partial charge in [-0.25, -0.2) is 4.68 Å². The number of benzene rings is 2. The highest BCUT2D eigenvalue weighted by atomic mass is 32.1. The highest BCUT2D eigenvalue weighted by Crippen LogP contribution is 2.33. The molecule has 0 radical (unpaired) electrons. The second-order valence-electron chi connectivity index (χ2n) is 6.99. The molecule has 0 fully saturated rings. The number of para-hydroxylation sites is 1. The molecule has 1 aliphatic rings. The maximum Gasteiger partial charge on any atom is 0.203 e. The fourth-order valence-electron chi connectivity index (χ4n) is 3.68. The number of nitrogens with zero attached hydrogens (tertiary/aromatic N) is 4. The van der Waals surface area contributed by atoms with Gasteiger partial charge in [-0.05, 0) is 60.5 Å². The van der Waals surface area contributed by atoms with Crippen LogP contribution in [0.5, 0.6) is 11.5 Å². The monoisotopic (exact) mass is 396 g/mol. The molecule has 2 heterocycles. The van der Waals surface area contributed by atoms with Crippen LogP contribution in [0.1, 0.15) is 16.7 Å². The number of aromatic nitrogens is 3. The third kappa shape index (κ3) is 3.43. The van der Waals surface area contributed by atoms with E-state index in [1.807, 2.05) is 21.4 Å². The number of aryl methyl sites for hydroxylation is 1. The zero-order valence-electron chi connectivity index (χ0n) is 16.4. The molecule has 0 spiro atoms. The minimum absolute atomic E-state index is 0.658. The Morgan fingerprint density at radius 1 is 1.07 bits per heavy atom. The van der Waals surface area contributed by atoms with Gasteiger partial charge in [-0.15, -0.1) is 0 Å². The van der Waals surface area contributed by atoms with Gasteiger partial charge in [0.1, 0.15) is 6.33 Å². The van der Waals surface area contributed by atoms with Gasteiger partial charge in [0.2, 0.25) is 4.77 Å². The molecule has 0 saturated heterocycles. The van der Waals surface area contributed by atoms with Crippen LogP contribution in [0, 0.1) is 11.7 Å². The van der Waals surface area contributed by atoms with Gasteiger partial charge in [0, 0.05) is 13.1 Å². The minimum atomic E-state index is 0.658. The molecule has 3 aromatic rings. The predicted molar refractivity (Wildman–Crippen MR) is 111 cm³/mol. The Hall–Kier alpha value is -2.64. The number of rotatable bonds is 5. The Bertz CT molecular complexity index is 1060.